The predicted molar refractivity (Wildman–Crippen MR) is 96.3 cm³/mol. The van der Waals surface area contributed by atoms with E-state index in [0.29, 0.717) is 10.7 Å². The molecule has 12 heteroatoms. The second-order valence-corrected chi connectivity index (χ2v) is 8.83. The highest BCUT2D eigenvalue weighted by molar-refractivity contribution is 14.1. The Bertz CT molecular complexity index is 695. The average Bonchev–Trinajstić information content (AvgIpc) is 2.38. The molecule has 0 aliphatic carbocycles. The molecule has 0 saturated carbocycles. The molecule has 0 amide bonds. The molecule has 124 valence electrons. The molecule has 1 unspecified atom stereocenters. The standard InChI is InChI=1S/C10H6F3I3O5S/c11-7(10(12,13)22(18,19)20)3-21-9(17)5-1-4(14)2-6(15)8(5)16/h1-2,7H,3H2,(H,18,19,20). The summed E-state index contributed by atoms with van der Waals surface area (Å²) in [6, 6.07) is 3.17. The number of hydrogen-bond donors (Lipinski definition) is 1. The number of hydrogen-bond acceptors (Lipinski definition) is 4. The molecule has 0 aliphatic heterocycles. The molecule has 0 fully saturated rings. The molecule has 1 rings (SSSR count). The van der Waals surface area contributed by atoms with Crippen LogP contribution in [0.1, 0.15) is 10.4 Å². The van der Waals surface area contributed by atoms with Crippen LogP contribution < -0.4 is 0 Å². The van der Waals surface area contributed by atoms with Crippen LogP contribution in [0.4, 0.5) is 13.2 Å². The van der Waals surface area contributed by atoms with Crippen molar-refractivity contribution in [2.75, 3.05) is 6.61 Å². The molecule has 0 bridgehead atoms. The molecule has 0 aromatic heterocycles. The van der Waals surface area contributed by atoms with E-state index in [9.17, 15) is 26.4 Å². The Labute approximate surface area is 164 Å². The minimum Gasteiger partial charge on any atom is -0.459 e. The van der Waals surface area contributed by atoms with Gasteiger partial charge < -0.3 is 4.74 Å². The van der Waals surface area contributed by atoms with Crippen molar-refractivity contribution < 1.29 is 35.7 Å². The van der Waals surface area contributed by atoms with Crippen LogP contribution in [0.3, 0.4) is 0 Å². The first-order chi connectivity index (χ1) is 9.87. The van der Waals surface area contributed by atoms with Crippen molar-refractivity contribution in [3.05, 3.63) is 28.4 Å². The molecule has 22 heavy (non-hydrogen) atoms. The first kappa shape index (κ1) is 20.6. The Morgan fingerprint density at radius 3 is 2.36 bits per heavy atom. The SMILES string of the molecule is O=C(OCC(F)C(F)(F)S(=O)(=O)O)c1cc(I)cc(I)c1I. The van der Waals surface area contributed by atoms with Gasteiger partial charge in [-0.15, -0.1) is 0 Å². The Morgan fingerprint density at radius 2 is 1.86 bits per heavy atom. The zero-order chi connectivity index (χ0) is 17.3. The summed E-state index contributed by atoms with van der Waals surface area (Å²) in [5.74, 6) is -1.07. The third-order valence-electron chi connectivity index (χ3n) is 2.28. The van der Waals surface area contributed by atoms with Crippen molar-refractivity contribution in [1.82, 2.24) is 0 Å². The highest BCUT2D eigenvalue weighted by Gasteiger charge is 2.53. The van der Waals surface area contributed by atoms with E-state index < -0.39 is 34.1 Å². The summed E-state index contributed by atoms with van der Waals surface area (Å²) in [7, 11) is -5.94. The second-order valence-electron chi connectivity index (χ2n) is 3.85. The number of esters is 1. The van der Waals surface area contributed by atoms with E-state index in [0.717, 1.165) is 0 Å². The number of alkyl halides is 3. The highest BCUT2D eigenvalue weighted by atomic mass is 127. The summed E-state index contributed by atoms with van der Waals surface area (Å²) in [4.78, 5) is 11.8. The van der Waals surface area contributed by atoms with E-state index in [1.165, 1.54) is 6.07 Å². The molecule has 5 nitrogen and oxygen atoms in total. The van der Waals surface area contributed by atoms with E-state index in [-0.39, 0.29) is 5.56 Å². The third-order valence-corrected chi connectivity index (χ3v) is 6.89. The number of rotatable bonds is 5. The maximum atomic E-state index is 13.2. The smallest absolute Gasteiger partial charge is 0.403 e. The van der Waals surface area contributed by atoms with Gasteiger partial charge in [-0.25, -0.2) is 9.18 Å². The van der Waals surface area contributed by atoms with Crippen LogP contribution in [0.15, 0.2) is 12.1 Å². The van der Waals surface area contributed by atoms with E-state index >= 15 is 0 Å². The number of ether oxygens (including phenoxy) is 1. The molecule has 1 aromatic carbocycles. The van der Waals surface area contributed by atoms with Gasteiger partial charge in [0, 0.05) is 10.7 Å². The maximum Gasteiger partial charge on any atom is 0.403 e. The van der Waals surface area contributed by atoms with Crippen molar-refractivity contribution in [2.24, 2.45) is 0 Å². The van der Waals surface area contributed by atoms with Crippen LogP contribution in [0.5, 0.6) is 0 Å². The molecule has 0 heterocycles. The second kappa shape index (κ2) is 7.64. The van der Waals surface area contributed by atoms with Gasteiger partial charge in [-0.05, 0) is 79.9 Å². The first-order valence-corrected chi connectivity index (χ1v) is 9.86. The van der Waals surface area contributed by atoms with Gasteiger partial charge in [0.05, 0.1) is 5.56 Å². The average molecular weight is 676 g/mol. The summed E-state index contributed by atoms with van der Waals surface area (Å²) >= 11 is 5.70. The van der Waals surface area contributed by atoms with Crippen LogP contribution in [0, 0.1) is 10.7 Å². The Morgan fingerprint density at radius 1 is 1.32 bits per heavy atom. The van der Waals surface area contributed by atoms with Crippen molar-refractivity contribution in [1.29, 1.82) is 0 Å². The molecular weight excluding hydrogens is 670 g/mol. The molecular formula is C10H6F3I3O5S. The topological polar surface area (TPSA) is 80.7 Å². The van der Waals surface area contributed by atoms with E-state index in [2.05, 4.69) is 4.74 Å². The lowest BCUT2D eigenvalue weighted by molar-refractivity contribution is -0.0357. The van der Waals surface area contributed by atoms with Gasteiger partial charge in [-0.2, -0.15) is 17.2 Å². The van der Waals surface area contributed by atoms with Crippen molar-refractivity contribution in [3.8, 4) is 0 Å². The fourth-order valence-electron chi connectivity index (χ4n) is 1.19. The summed E-state index contributed by atoms with van der Waals surface area (Å²) in [6.45, 7) is -1.51. The van der Waals surface area contributed by atoms with Gasteiger partial charge in [0.15, 0.2) is 0 Å². The zero-order valence-corrected chi connectivity index (χ0v) is 17.5. The lowest BCUT2D eigenvalue weighted by Crippen LogP contribution is -2.41. The Hall–Kier alpha value is 0.580. The minimum absolute atomic E-state index is 0.0410. The van der Waals surface area contributed by atoms with Crippen molar-refractivity contribution in [2.45, 2.75) is 11.4 Å². The van der Waals surface area contributed by atoms with E-state index in [1.54, 1.807) is 6.07 Å². The maximum absolute atomic E-state index is 13.2. The molecule has 0 radical (unpaired) electrons. The zero-order valence-electron chi connectivity index (χ0n) is 10.2. The first-order valence-electron chi connectivity index (χ1n) is 5.18. The number of carbonyl (C=O) groups excluding carboxylic acids is 1. The minimum atomic E-state index is -5.94. The van der Waals surface area contributed by atoms with Crippen LogP contribution >= 0.6 is 67.8 Å². The van der Waals surface area contributed by atoms with E-state index in [4.69, 9.17) is 4.55 Å². The quantitative estimate of drug-likeness (QED) is 0.224. The fraction of sp³-hybridized carbons (Fsp3) is 0.300. The largest absolute Gasteiger partial charge is 0.459 e. The van der Waals surface area contributed by atoms with Gasteiger partial charge in [-0.1, -0.05) is 0 Å². The third kappa shape index (κ3) is 4.79. The summed E-state index contributed by atoms with van der Waals surface area (Å²) < 4.78 is 74.4. The Kier molecular flexibility index (Phi) is 7.17. The van der Waals surface area contributed by atoms with Gasteiger partial charge in [0.2, 0.25) is 6.17 Å². The lowest BCUT2D eigenvalue weighted by Gasteiger charge is -2.17. The number of halogens is 6. The summed E-state index contributed by atoms with van der Waals surface area (Å²) in [5.41, 5.74) is 0.0410. The van der Waals surface area contributed by atoms with Crippen molar-refractivity contribution in [3.63, 3.8) is 0 Å². The Balaban J connectivity index is 2.88. The monoisotopic (exact) mass is 676 g/mol. The van der Waals surface area contributed by atoms with Gasteiger partial charge >= 0.3 is 21.3 Å². The summed E-state index contributed by atoms with van der Waals surface area (Å²) in [5, 5.41) is -5.06. The summed E-state index contributed by atoms with van der Waals surface area (Å²) in [6.07, 6.45) is -3.38. The van der Waals surface area contributed by atoms with Gasteiger partial charge in [0.1, 0.15) is 6.61 Å². The van der Waals surface area contributed by atoms with Crippen molar-refractivity contribution >= 4 is 83.9 Å². The van der Waals surface area contributed by atoms with Gasteiger partial charge in [0.25, 0.3) is 0 Å². The number of benzene rings is 1. The van der Waals surface area contributed by atoms with Crippen LogP contribution in [0.25, 0.3) is 0 Å². The molecule has 1 atom stereocenters. The number of carbonyl (C=O) groups is 1. The van der Waals surface area contributed by atoms with Gasteiger partial charge in [-0.3, -0.25) is 4.55 Å². The molecule has 0 spiro atoms. The van der Waals surface area contributed by atoms with Crippen LogP contribution in [-0.2, 0) is 14.9 Å². The molecule has 1 N–H and O–H groups in total. The lowest BCUT2D eigenvalue weighted by atomic mass is 10.2. The fourth-order valence-corrected chi connectivity index (χ4v) is 3.96. The molecule has 0 aliphatic rings. The molecule has 1 aromatic rings. The van der Waals surface area contributed by atoms with Crippen LogP contribution in [-0.4, -0.2) is 37.0 Å². The van der Waals surface area contributed by atoms with E-state index in [1.807, 2.05) is 67.8 Å². The normalized spacial score (nSPS) is 13.8. The highest BCUT2D eigenvalue weighted by Crippen LogP contribution is 2.28. The van der Waals surface area contributed by atoms with Crippen LogP contribution in [0.2, 0.25) is 0 Å². The predicted octanol–water partition coefficient (Wildman–Crippen LogP) is 3.48. The molecule has 0 saturated heterocycles.